The Labute approximate surface area is 124 Å². The summed E-state index contributed by atoms with van der Waals surface area (Å²) in [5.74, 6) is -0.507. The Morgan fingerprint density at radius 2 is 1.36 bits per heavy atom. The van der Waals surface area contributed by atoms with Gasteiger partial charge in [0.15, 0.2) is 0 Å². The van der Waals surface area contributed by atoms with Gasteiger partial charge in [0.05, 0.1) is 33.0 Å². The van der Waals surface area contributed by atoms with Crippen molar-refractivity contribution in [2.75, 3.05) is 0 Å². The fourth-order valence-electron chi connectivity index (χ4n) is 2.43. The molecule has 118 valence electrons. The molecular weight excluding hydrogens is 298 g/mol. The number of nitrogens with zero attached hydrogens (tertiary/aromatic N) is 3. The predicted octanol–water partition coefficient (Wildman–Crippen LogP) is 3.12. The molecule has 1 aromatic carbocycles. The summed E-state index contributed by atoms with van der Waals surface area (Å²) in [4.78, 5) is 30.2. The summed E-state index contributed by atoms with van der Waals surface area (Å²) in [7, 11) is 0. The molecule has 1 aromatic rings. The molecule has 0 aromatic heterocycles. The van der Waals surface area contributed by atoms with Gasteiger partial charge in [-0.1, -0.05) is 6.42 Å². The monoisotopic (exact) mass is 311 g/mol. The molecule has 0 spiro atoms. The van der Waals surface area contributed by atoms with E-state index in [4.69, 9.17) is 4.74 Å². The Morgan fingerprint density at radius 3 is 1.77 bits per heavy atom. The zero-order valence-corrected chi connectivity index (χ0v) is 11.5. The molecule has 2 rings (SSSR count). The van der Waals surface area contributed by atoms with Crippen LogP contribution in [0.15, 0.2) is 12.1 Å². The van der Waals surface area contributed by atoms with Crippen molar-refractivity contribution in [2.45, 2.75) is 38.2 Å². The van der Waals surface area contributed by atoms with E-state index in [0.717, 1.165) is 19.3 Å². The van der Waals surface area contributed by atoms with Crippen molar-refractivity contribution in [3.63, 3.8) is 0 Å². The summed E-state index contributed by atoms with van der Waals surface area (Å²) in [5, 5.41) is 33.0. The van der Waals surface area contributed by atoms with Crippen LogP contribution in [0, 0.1) is 30.3 Å². The summed E-state index contributed by atoms with van der Waals surface area (Å²) >= 11 is 0. The van der Waals surface area contributed by atoms with Crippen LogP contribution in [0.5, 0.6) is 5.75 Å². The second-order valence-corrected chi connectivity index (χ2v) is 4.96. The molecule has 0 amide bonds. The average Bonchev–Trinajstić information content (AvgIpc) is 2.47. The van der Waals surface area contributed by atoms with Crippen LogP contribution >= 0.6 is 0 Å². The first-order chi connectivity index (χ1) is 10.4. The lowest BCUT2D eigenvalue weighted by atomic mass is 9.98. The van der Waals surface area contributed by atoms with Crippen molar-refractivity contribution in [1.82, 2.24) is 0 Å². The average molecular weight is 311 g/mol. The normalized spacial score (nSPS) is 15.3. The SMILES string of the molecule is O=[N+]([O-])c1cc([N+](=O)[O-])c(OC2CCCCC2)c([N+](=O)[O-])c1. The second kappa shape index (κ2) is 6.33. The van der Waals surface area contributed by atoms with Crippen LogP contribution < -0.4 is 4.74 Å². The number of benzene rings is 1. The lowest BCUT2D eigenvalue weighted by molar-refractivity contribution is -0.404. The van der Waals surface area contributed by atoms with E-state index in [1.165, 1.54) is 0 Å². The number of non-ortho nitro benzene ring substituents is 1. The number of hydrogen-bond acceptors (Lipinski definition) is 7. The third-order valence-electron chi connectivity index (χ3n) is 3.48. The summed E-state index contributed by atoms with van der Waals surface area (Å²) in [6.07, 6.45) is 3.70. The van der Waals surface area contributed by atoms with Crippen molar-refractivity contribution in [1.29, 1.82) is 0 Å². The lowest BCUT2D eigenvalue weighted by Gasteiger charge is -2.22. The minimum Gasteiger partial charge on any atom is -0.479 e. The van der Waals surface area contributed by atoms with Gasteiger partial charge in [-0.3, -0.25) is 30.3 Å². The van der Waals surface area contributed by atoms with Gasteiger partial charge >= 0.3 is 11.4 Å². The highest BCUT2D eigenvalue weighted by atomic mass is 16.6. The molecule has 0 heterocycles. The molecule has 0 aliphatic heterocycles. The van der Waals surface area contributed by atoms with Crippen molar-refractivity contribution in [3.8, 4) is 5.75 Å². The fourth-order valence-corrected chi connectivity index (χ4v) is 2.43. The number of nitro groups is 3. The number of ether oxygens (including phenoxy) is 1. The Bertz CT molecular complexity index is 590. The molecule has 1 aliphatic carbocycles. The van der Waals surface area contributed by atoms with Crippen molar-refractivity contribution in [3.05, 3.63) is 42.5 Å². The van der Waals surface area contributed by atoms with Gasteiger partial charge in [0.1, 0.15) is 0 Å². The van der Waals surface area contributed by atoms with E-state index in [1.54, 1.807) is 0 Å². The minimum atomic E-state index is -0.912. The number of nitro benzene ring substituents is 3. The topological polar surface area (TPSA) is 139 Å². The largest absolute Gasteiger partial charge is 0.479 e. The maximum absolute atomic E-state index is 11.1. The molecule has 0 N–H and O–H groups in total. The minimum absolute atomic E-state index is 0.354. The number of hydrogen-bond donors (Lipinski definition) is 0. The molecule has 1 aliphatic rings. The van der Waals surface area contributed by atoms with Crippen LogP contribution in [-0.2, 0) is 0 Å². The summed E-state index contributed by atoms with van der Waals surface area (Å²) in [6, 6.07) is 1.37. The molecule has 0 atom stereocenters. The van der Waals surface area contributed by atoms with E-state index in [-0.39, 0.29) is 6.10 Å². The summed E-state index contributed by atoms with van der Waals surface area (Å²) in [5.41, 5.74) is -2.23. The summed E-state index contributed by atoms with van der Waals surface area (Å²) in [6.45, 7) is 0. The zero-order valence-electron chi connectivity index (χ0n) is 11.5. The van der Waals surface area contributed by atoms with Gasteiger partial charge < -0.3 is 4.74 Å². The maximum Gasteiger partial charge on any atom is 0.325 e. The first kappa shape index (κ1) is 15.6. The molecular formula is C12H13N3O7. The van der Waals surface area contributed by atoms with Crippen molar-refractivity contribution >= 4 is 17.1 Å². The highest BCUT2D eigenvalue weighted by molar-refractivity contribution is 5.65. The molecule has 0 saturated heterocycles. The fraction of sp³-hybridized carbons (Fsp3) is 0.500. The van der Waals surface area contributed by atoms with Gasteiger partial charge in [-0.15, -0.1) is 0 Å². The van der Waals surface area contributed by atoms with Crippen LogP contribution in [-0.4, -0.2) is 20.9 Å². The highest BCUT2D eigenvalue weighted by Gasteiger charge is 2.34. The first-order valence-electron chi connectivity index (χ1n) is 6.68. The van der Waals surface area contributed by atoms with Gasteiger partial charge in [-0.05, 0) is 25.7 Å². The van der Waals surface area contributed by atoms with Crippen molar-refractivity contribution in [2.24, 2.45) is 0 Å². The molecule has 0 radical (unpaired) electrons. The van der Waals surface area contributed by atoms with Crippen molar-refractivity contribution < 1.29 is 19.5 Å². The molecule has 0 bridgehead atoms. The van der Waals surface area contributed by atoms with Crippen LogP contribution in [0.25, 0.3) is 0 Å². The molecule has 10 heteroatoms. The molecule has 10 nitrogen and oxygen atoms in total. The Balaban J connectivity index is 2.50. The maximum atomic E-state index is 11.1. The van der Waals surface area contributed by atoms with E-state index in [1.807, 2.05) is 0 Å². The first-order valence-corrected chi connectivity index (χ1v) is 6.68. The van der Waals surface area contributed by atoms with Crippen LogP contribution in [0.1, 0.15) is 32.1 Å². The van der Waals surface area contributed by atoms with Crippen LogP contribution in [0.2, 0.25) is 0 Å². The van der Waals surface area contributed by atoms with Crippen LogP contribution in [0.3, 0.4) is 0 Å². The molecule has 1 fully saturated rings. The predicted molar refractivity (Wildman–Crippen MR) is 73.9 cm³/mol. The van der Waals surface area contributed by atoms with Crippen LogP contribution in [0.4, 0.5) is 17.1 Å². The smallest absolute Gasteiger partial charge is 0.325 e. The van der Waals surface area contributed by atoms with E-state index in [0.29, 0.717) is 25.0 Å². The van der Waals surface area contributed by atoms with Gasteiger partial charge in [0.25, 0.3) is 11.4 Å². The standard InChI is InChI=1S/C12H13N3O7/c16-13(17)8-6-10(14(18)19)12(11(7-8)15(20)21)22-9-4-2-1-3-5-9/h6-7,9H,1-5H2. The quantitative estimate of drug-likeness (QED) is 0.601. The van der Waals surface area contributed by atoms with E-state index in [9.17, 15) is 30.3 Å². The van der Waals surface area contributed by atoms with Gasteiger partial charge in [-0.25, -0.2) is 0 Å². The van der Waals surface area contributed by atoms with Gasteiger partial charge in [0, 0.05) is 0 Å². The Kier molecular flexibility index (Phi) is 4.49. The molecule has 0 unspecified atom stereocenters. The van der Waals surface area contributed by atoms with E-state index >= 15 is 0 Å². The third-order valence-corrected chi connectivity index (χ3v) is 3.48. The van der Waals surface area contributed by atoms with Gasteiger partial charge in [-0.2, -0.15) is 0 Å². The zero-order chi connectivity index (χ0) is 16.3. The molecule has 1 saturated carbocycles. The lowest BCUT2D eigenvalue weighted by Crippen LogP contribution is -2.20. The molecule has 22 heavy (non-hydrogen) atoms. The second-order valence-electron chi connectivity index (χ2n) is 4.96. The van der Waals surface area contributed by atoms with Gasteiger partial charge in [0.2, 0.25) is 0 Å². The Morgan fingerprint density at radius 1 is 0.864 bits per heavy atom. The van der Waals surface area contributed by atoms with E-state index in [2.05, 4.69) is 0 Å². The van der Waals surface area contributed by atoms with E-state index < -0.39 is 37.6 Å². The highest BCUT2D eigenvalue weighted by Crippen LogP contribution is 2.42. The number of rotatable bonds is 5. The summed E-state index contributed by atoms with van der Waals surface area (Å²) < 4.78 is 5.47. The third kappa shape index (κ3) is 3.27. The Hall–Kier alpha value is -2.78.